The van der Waals surface area contributed by atoms with Gasteiger partial charge in [0.05, 0.1) is 0 Å². The summed E-state index contributed by atoms with van der Waals surface area (Å²) < 4.78 is 17.4. The molecule has 0 aliphatic rings. The van der Waals surface area contributed by atoms with Gasteiger partial charge in [0.25, 0.3) is 0 Å². The van der Waals surface area contributed by atoms with Crippen molar-refractivity contribution < 1.29 is 13.0 Å². The highest BCUT2D eigenvalue weighted by Crippen LogP contribution is 2.16. The fourth-order valence-corrected chi connectivity index (χ4v) is 7.26. The van der Waals surface area contributed by atoms with Crippen LogP contribution in [0.25, 0.3) is 6.08 Å². The molecule has 0 aliphatic carbocycles. The van der Waals surface area contributed by atoms with Gasteiger partial charge in [0, 0.05) is 19.4 Å². The molecule has 0 unspecified atom stereocenters. The van der Waals surface area contributed by atoms with Gasteiger partial charge in [0.1, 0.15) is 0 Å². The summed E-state index contributed by atoms with van der Waals surface area (Å²) in [4.78, 5) is 0. The van der Waals surface area contributed by atoms with Gasteiger partial charge >= 0.3 is 8.80 Å². The summed E-state index contributed by atoms with van der Waals surface area (Å²) >= 11 is 0. The van der Waals surface area contributed by atoms with Gasteiger partial charge < -0.3 is 13.0 Å². The van der Waals surface area contributed by atoms with Crippen LogP contribution in [-0.4, -0.2) is 31.3 Å². The molecule has 0 saturated heterocycles. The number of hydrogen-bond acceptors (Lipinski definition) is 3. The van der Waals surface area contributed by atoms with Crippen molar-refractivity contribution in [3.63, 3.8) is 0 Å². The van der Waals surface area contributed by atoms with Gasteiger partial charge in [0.2, 0.25) is 0 Å². The maximum Gasteiger partial charge on any atom is 0.526 e. The first-order valence-electron chi connectivity index (χ1n) is 5.90. The van der Waals surface area contributed by atoms with Gasteiger partial charge in [-0.25, -0.2) is 0 Å². The molecule has 0 saturated carbocycles. The molecule has 0 heterocycles. The third kappa shape index (κ3) is 3.63. The summed E-state index contributed by atoms with van der Waals surface area (Å²) in [6.45, 7) is 10.1. The average molecular weight is 282 g/mol. The summed E-state index contributed by atoms with van der Waals surface area (Å²) in [5.74, 6) is 0. The maximum atomic E-state index is 6.19. The van der Waals surface area contributed by atoms with E-state index in [1.54, 1.807) is 14.2 Å². The molecule has 0 spiro atoms. The van der Waals surface area contributed by atoms with Crippen LogP contribution >= 0.6 is 0 Å². The zero-order valence-electron chi connectivity index (χ0n) is 11.8. The van der Waals surface area contributed by atoms with Crippen LogP contribution in [0.2, 0.25) is 19.6 Å². The molecular formula is C13H22O3Si2. The van der Waals surface area contributed by atoms with Crippen molar-refractivity contribution >= 4 is 28.4 Å². The summed E-state index contributed by atoms with van der Waals surface area (Å²) in [5.41, 5.74) is 1.07. The van der Waals surface area contributed by atoms with Crippen molar-refractivity contribution in [2.24, 2.45) is 0 Å². The first-order chi connectivity index (χ1) is 8.37. The van der Waals surface area contributed by atoms with E-state index in [9.17, 15) is 0 Å². The molecule has 18 heavy (non-hydrogen) atoms. The molecule has 1 rings (SSSR count). The van der Waals surface area contributed by atoms with E-state index in [2.05, 4.69) is 26.2 Å². The second-order valence-electron chi connectivity index (χ2n) is 5.01. The molecule has 0 fully saturated rings. The Kier molecular flexibility index (Phi) is 5.06. The van der Waals surface area contributed by atoms with E-state index in [0.29, 0.717) is 0 Å². The second-order valence-corrected chi connectivity index (χ2v) is 12.6. The molecule has 0 atom stereocenters. The van der Waals surface area contributed by atoms with E-state index in [0.717, 1.165) is 10.8 Å². The van der Waals surface area contributed by atoms with Crippen LogP contribution in [-0.2, 0) is 13.0 Å². The minimum atomic E-state index is -2.76. The Morgan fingerprint density at radius 3 is 1.83 bits per heavy atom. The monoisotopic (exact) mass is 282 g/mol. The van der Waals surface area contributed by atoms with E-state index >= 15 is 0 Å². The quantitative estimate of drug-likeness (QED) is 0.751. The third-order valence-corrected chi connectivity index (χ3v) is 8.12. The third-order valence-electron chi connectivity index (χ3n) is 2.48. The maximum absolute atomic E-state index is 6.19. The minimum absolute atomic E-state index is 0.987. The lowest BCUT2D eigenvalue weighted by atomic mass is 10.2. The van der Waals surface area contributed by atoms with Crippen molar-refractivity contribution in [1.29, 1.82) is 0 Å². The zero-order chi connectivity index (χ0) is 13.8. The molecule has 5 heteroatoms. The minimum Gasteiger partial charge on any atom is -0.413 e. The summed E-state index contributed by atoms with van der Waals surface area (Å²) in [7, 11) is -1.21. The lowest BCUT2D eigenvalue weighted by molar-refractivity contribution is 0.175. The Morgan fingerprint density at radius 1 is 1.00 bits per heavy atom. The Bertz CT molecular complexity index is 392. The topological polar surface area (TPSA) is 27.7 Å². The first kappa shape index (κ1) is 15.3. The smallest absolute Gasteiger partial charge is 0.413 e. The van der Waals surface area contributed by atoms with E-state index in [-0.39, 0.29) is 0 Å². The van der Waals surface area contributed by atoms with Crippen LogP contribution in [0.3, 0.4) is 0 Å². The molecule has 0 amide bonds. The van der Waals surface area contributed by atoms with Crippen molar-refractivity contribution in [2.75, 3.05) is 14.2 Å². The van der Waals surface area contributed by atoms with Crippen molar-refractivity contribution in [2.45, 2.75) is 19.6 Å². The Hall–Kier alpha value is -0.726. The molecular weight excluding hydrogens is 260 g/mol. The number of rotatable bonds is 6. The molecule has 3 nitrogen and oxygen atoms in total. The van der Waals surface area contributed by atoms with Crippen LogP contribution in [0, 0.1) is 0 Å². The molecule has 100 valence electrons. The summed E-state index contributed by atoms with van der Waals surface area (Å²) in [6, 6.07) is 7.98. The van der Waals surface area contributed by atoms with Crippen LogP contribution in [0.15, 0.2) is 30.8 Å². The average Bonchev–Trinajstić information content (AvgIpc) is 2.35. The lowest BCUT2D eigenvalue weighted by Gasteiger charge is -2.33. The highest BCUT2D eigenvalue weighted by atomic mass is 28.5. The molecule has 1 aromatic carbocycles. The van der Waals surface area contributed by atoms with Crippen LogP contribution < -0.4 is 5.19 Å². The number of benzene rings is 1. The zero-order valence-corrected chi connectivity index (χ0v) is 13.8. The highest BCUT2D eigenvalue weighted by molar-refractivity contribution is 6.86. The predicted molar refractivity (Wildman–Crippen MR) is 80.4 cm³/mol. The molecule has 0 radical (unpaired) electrons. The molecule has 0 bridgehead atoms. The van der Waals surface area contributed by atoms with Gasteiger partial charge in [-0.2, -0.15) is 0 Å². The Labute approximate surface area is 112 Å². The Balaban J connectivity index is 3.13. The van der Waals surface area contributed by atoms with Crippen LogP contribution in [0.4, 0.5) is 0 Å². The largest absolute Gasteiger partial charge is 0.526 e. The van der Waals surface area contributed by atoms with Gasteiger partial charge in [-0.15, -0.1) is 0 Å². The summed E-state index contributed by atoms with van der Waals surface area (Å²) in [6.07, 6.45) is 1.81. The van der Waals surface area contributed by atoms with Crippen molar-refractivity contribution in [3.8, 4) is 0 Å². The normalized spacial score (nSPS) is 12.5. The van der Waals surface area contributed by atoms with E-state index < -0.39 is 17.1 Å². The van der Waals surface area contributed by atoms with Gasteiger partial charge in [-0.1, -0.05) is 36.9 Å². The Morgan fingerprint density at radius 2 is 1.50 bits per heavy atom. The predicted octanol–water partition coefficient (Wildman–Crippen LogP) is 2.62. The van der Waals surface area contributed by atoms with Crippen LogP contribution in [0.1, 0.15) is 5.56 Å². The van der Waals surface area contributed by atoms with Gasteiger partial charge in [-0.05, 0) is 25.2 Å². The molecule has 0 N–H and O–H groups in total. The standard InChI is InChI=1S/C13H22O3Si2/c1-7-12-8-10-13(11-9-12)18(14-2,15-3)16-17(4,5)6/h7-11H,1H2,2-6H3. The SMILES string of the molecule is C=Cc1ccc([Si](OC)(OC)O[Si](C)(C)C)cc1. The molecule has 0 aliphatic heterocycles. The lowest BCUT2D eigenvalue weighted by Crippen LogP contribution is -2.59. The molecule has 1 aromatic rings. The van der Waals surface area contributed by atoms with Gasteiger partial charge in [0.15, 0.2) is 8.32 Å². The van der Waals surface area contributed by atoms with E-state index in [1.807, 2.05) is 30.3 Å². The fraction of sp³-hybridized carbons (Fsp3) is 0.385. The second kappa shape index (κ2) is 5.94. The molecule has 0 aromatic heterocycles. The number of hydrogen-bond donors (Lipinski definition) is 0. The highest BCUT2D eigenvalue weighted by Gasteiger charge is 2.45. The van der Waals surface area contributed by atoms with E-state index in [1.165, 1.54) is 0 Å². The van der Waals surface area contributed by atoms with Crippen molar-refractivity contribution in [1.82, 2.24) is 0 Å². The van der Waals surface area contributed by atoms with Crippen molar-refractivity contribution in [3.05, 3.63) is 36.4 Å². The fourth-order valence-electron chi connectivity index (χ4n) is 1.69. The summed E-state index contributed by atoms with van der Waals surface area (Å²) in [5, 5.41) is 0.987. The van der Waals surface area contributed by atoms with Gasteiger partial charge in [-0.3, -0.25) is 0 Å². The van der Waals surface area contributed by atoms with E-state index in [4.69, 9.17) is 13.0 Å². The first-order valence-corrected chi connectivity index (χ1v) is 11.0. The van der Waals surface area contributed by atoms with Crippen LogP contribution in [0.5, 0.6) is 0 Å².